The van der Waals surface area contributed by atoms with Gasteiger partial charge >= 0.3 is 0 Å². The van der Waals surface area contributed by atoms with Crippen molar-refractivity contribution in [3.8, 4) is 5.75 Å². The molecule has 1 heterocycles. The number of rotatable bonds is 6. The van der Waals surface area contributed by atoms with Crippen molar-refractivity contribution in [3.05, 3.63) is 59.7 Å². The summed E-state index contributed by atoms with van der Waals surface area (Å²) < 4.78 is 33.1. The summed E-state index contributed by atoms with van der Waals surface area (Å²) in [5.74, 6) is 0.932. The van der Waals surface area contributed by atoms with Crippen molar-refractivity contribution in [2.45, 2.75) is 17.4 Å². The number of hydrogen-bond donors (Lipinski definition) is 1. The molecule has 1 atom stereocenters. The van der Waals surface area contributed by atoms with Crippen LogP contribution in [0.2, 0.25) is 0 Å². The second kappa shape index (κ2) is 6.93. The minimum atomic E-state index is -3.51. The first kappa shape index (κ1) is 17.0. The highest BCUT2D eigenvalue weighted by atomic mass is 32.2. The van der Waals surface area contributed by atoms with Crippen LogP contribution in [0.5, 0.6) is 5.75 Å². The lowest BCUT2D eigenvalue weighted by molar-refractivity contribution is 0.299. The van der Waals surface area contributed by atoms with Crippen LogP contribution in [-0.4, -0.2) is 40.6 Å². The molecule has 2 aromatic rings. The number of sulfonamides is 1. The molecule has 0 radical (unpaired) electrons. The summed E-state index contributed by atoms with van der Waals surface area (Å²) in [5, 5.41) is 0. The van der Waals surface area contributed by atoms with Gasteiger partial charge in [0.05, 0.1) is 11.5 Å². The van der Waals surface area contributed by atoms with Crippen LogP contribution in [0.4, 0.5) is 0 Å². The van der Waals surface area contributed by atoms with E-state index in [4.69, 9.17) is 4.74 Å². The summed E-state index contributed by atoms with van der Waals surface area (Å²) in [6.45, 7) is 1.02. The number of benzene rings is 2. The van der Waals surface area contributed by atoms with Crippen LogP contribution in [0.3, 0.4) is 0 Å². The quantitative estimate of drug-likeness (QED) is 0.871. The molecule has 0 fully saturated rings. The third-order valence-corrected chi connectivity index (χ3v) is 5.68. The number of ether oxygens (including phenoxy) is 1. The minimum absolute atomic E-state index is 0.0469. The Balaban J connectivity index is 1.78. The molecule has 5 nitrogen and oxygen atoms in total. The third kappa shape index (κ3) is 3.61. The summed E-state index contributed by atoms with van der Waals surface area (Å²) in [4.78, 5) is 2.30. The second-order valence-corrected chi connectivity index (χ2v) is 7.88. The fourth-order valence-corrected chi connectivity index (χ4v) is 3.94. The largest absolute Gasteiger partial charge is 0.493 e. The van der Waals surface area contributed by atoms with Crippen molar-refractivity contribution in [1.82, 2.24) is 9.62 Å². The Morgan fingerprint density at radius 3 is 2.62 bits per heavy atom. The fourth-order valence-electron chi connectivity index (χ4n) is 2.88. The summed E-state index contributed by atoms with van der Waals surface area (Å²) in [6.07, 6.45) is 0.902. The molecule has 1 aliphatic rings. The average molecular weight is 346 g/mol. The highest BCUT2D eigenvalue weighted by molar-refractivity contribution is 7.89. The summed E-state index contributed by atoms with van der Waals surface area (Å²) in [6, 6.07) is 14.5. The van der Waals surface area contributed by atoms with E-state index in [0.29, 0.717) is 13.2 Å². The van der Waals surface area contributed by atoms with Crippen molar-refractivity contribution in [1.29, 1.82) is 0 Å². The van der Waals surface area contributed by atoms with Gasteiger partial charge in [-0.05, 0) is 43.4 Å². The van der Waals surface area contributed by atoms with E-state index in [1.165, 1.54) is 5.56 Å². The van der Waals surface area contributed by atoms with E-state index >= 15 is 0 Å². The molecule has 0 aromatic heterocycles. The minimum Gasteiger partial charge on any atom is -0.493 e. The zero-order chi connectivity index (χ0) is 17.2. The second-order valence-electron chi connectivity index (χ2n) is 6.11. The molecule has 2 aromatic carbocycles. The molecular formula is C18H22N2O3S. The molecule has 3 rings (SSSR count). The van der Waals surface area contributed by atoms with Gasteiger partial charge in [-0.3, -0.25) is 0 Å². The molecule has 1 N–H and O–H groups in total. The standard InChI is InChI=1S/C18H22N2O3S/c1-20(2)17(14-8-9-18-15(12-14)10-11-23-18)13-19-24(21,22)16-6-4-3-5-7-16/h3-9,12,17,19H,10-11,13H2,1-2H3. The smallest absolute Gasteiger partial charge is 0.240 e. The lowest BCUT2D eigenvalue weighted by Gasteiger charge is -2.25. The number of nitrogens with one attached hydrogen (secondary N) is 1. The van der Waals surface area contributed by atoms with E-state index < -0.39 is 10.0 Å². The Hall–Kier alpha value is -1.89. The Bertz CT molecular complexity index is 804. The lowest BCUT2D eigenvalue weighted by atomic mass is 10.0. The molecule has 0 bridgehead atoms. The average Bonchev–Trinajstić information content (AvgIpc) is 3.03. The molecule has 0 saturated carbocycles. The molecule has 0 amide bonds. The van der Waals surface area contributed by atoms with Crippen molar-refractivity contribution in [2.75, 3.05) is 27.2 Å². The molecule has 0 spiro atoms. The maximum absolute atomic E-state index is 12.4. The van der Waals surface area contributed by atoms with E-state index in [0.717, 1.165) is 17.7 Å². The Labute approximate surface area is 143 Å². The maximum Gasteiger partial charge on any atom is 0.240 e. The van der Waals surface area contributed by atoms with Gasteiger partial charge in [-0.25, -0.2) is 13.1 Å². The van der Waals surface area contributed by atoms with E-state index in [1.54, 1.807) is 30.3 Å². The number of fused-ring (bicyclic) bond motifs is 1. The van der Waals surface area contributed by atoms with Crippen molar-refractivity contribution in [3.63, 3.8) is 0 Å². The summed E-state index contributed by atoms with van der Waals surface area (Å²) in [5.41, 5.74) is 2.27. The van der Waals surface area contributed by atoms with Crippen LogP contribution in [0.25, 0.3) is 0 Å². The van der Waals surface area contributed by atoms with Crippen LogP contribution >= 0.6 is 0 Å². The Kier molecular flexibility index (Phi) is 4.89. The zero-order valence-electron chi connectivity index (χ0n) is 13.9. The third-order valence-electron chi connectivity index (χ3n) is 4.24. The normalized spacial score (nSPS) is 15.1. The molecule has 0 aliphatic carbocycles. The molecule has 6 heteroatoms. The van der Waals surface area contributed by atoms with Gasteiger partial charge in [0, 0.05) is 19.0 Å². The van der Waals surface area contributed by atoms with Gasteiger partial charge < -0.3 is 9.64 Å². The van der Waals surface area contributed by atoms with Crippen LogP contribution in [-0.2, 0) is 16.4 Å². The van der Waals surface area contributed by atoms with Gasteiger partial charge in [-0.2, -0.15) is 0 Å². The first-order valence-electron chi connectivity index (χ1n) is 7.94. The Morgan fingerprint density at radius 1 is 1.17 bits per heavy atom. The van der Waals surface area contributed by atoms with Crippen LogP contribution < -0.4 is 9.46 Å². The first-order valence-corrected chi connectivity index (χ1v) is 9.42. The predicted octanol–water partition coefficient (Wildman–Crippen LogP) is 2.20. The predicted molar refractivity (Wildman–Crippen MR) is 93.7 cm³/mol. The number of likely N-dealkylation sites (N-methyl/N-ethyl adjacent to an activating group) is 1. The Morgan fingerprint density at radius 2 is 1.92 bits per heavy atom. The summed E-state index contributed by atoms with van der Waals surface area (Å²) in [7, 11) is 0.389. The first-order chi connectivity index (χ1) is 11.5. The lowest BCUT2D eigenvalue weighted by Crippen LogP contribution is -2.34. The zero-order valence-corrected chi connectivity index (χ0v) is 14.7. The highest BCUT2D eigenvalue weighted by Gasteiger charge is 2.21. The number of nitrogens with zero attached hydrogens (tertiary/aromatic N) is 1. The molecule has 0 saturated heterocycles. The highest BCUT2D eigenvalue weighted by Crippen LogP contribution is 2.29. The molecular weight excluding hydrogens is 324 g/mol. The number of hydrogen-bond acceptors (Lipinski definition) is 4. The van der Waals surface area contributed by atoms with Gasteiger partial charge in [0.15, 0.2) is 0 Å². The summed E-state index contributed by atoms with van der Waals surface area (Å²) >= 11 is 0. The van der Waals surface area contributed by atoms with Crippen molar-refractivity contribution < 1.29 is 13.2 Å². The van der Waals surface area contributed by atoms with E-state index in [-0.39, 0.29) is 10.9 Å². The van der Waals surface area contributed by atoms with Gasteiger partial charge in [0.1, 0.15) is 5.75 Å². The SMILES string of the molecule is CN(C)C(CNS(=O)(=O)c1ccccc1)c1ccc2c(c1)CCO2. The van der Waals surface area contributed by atoms with Crippen LogP contribution in [0.1, 0.15) is 17.2 Å². The topological polar surface area (TPSA) is 58.6 Å². The van der Waals surface area contributed by atoms with Crippen LogP contribution in [0.15, 0.2) is 53.4 Å². The van der Waals surface area contributed by atoms with E-state index in [1.807, 2.05) is 31.1 Å². The van der Waals surface area contributed by atoms with E-state index in [2.05, 4.69) is 10.8 Å². The van der Waals surface area contributed by atoms with Gasteiger partial charge in [-0.15, -0.1) is 0 Å². The monoisotopic (exact) mass is 346 g/mol. The van der Waals surface area contributed by atoms with Crippen molar-refractivity contribution >= 4 is 10.0 Å². The maximum atomic E-state index is 12.4. The van der Waals surface area contributed by atoms with Gasteiger partial charge in [0.2, 0.25) is 10.0 Å². The van der Waals surface area contributed by atoms with Crippen molar-refractivity contribution in [2.24, 2.45) is 0 Å². The molecule has 128 valence electrons. The molecule has 1 aliphatic heterocycles. The fraction of sp³-hybridized carbons (Fsp3) is 0.333. The molecule has 24 heavy (non-hydrogen) atoms. The van der Waals surface area contributed by atoms with Gasteiger partial charge in [-0.1, -0.05) is 30.3 Å². The molecule has 1 unspecified atom stereocenters. The van der Waals surface area contributed by atoms with Crippen LogP contribution in [0, 0.1) is 0 Å². The van der Waals surface area contributed by atoms with E-state index in [9.17, 15) is 8.42 Å². The van der Waals surface area contributed by atoms with Gasteiger partial charge in [0.25, 0.3) is 0 Å².